The number of ether oxygens (including phenoxy) is 1. The lowest BCUT2D eigenvalue weighted by molar-refractivity contribution is 0.0747. The fourth-order valence-corrected chi connectivity index (χ4v) is 1.82. The van der Waals surface area contributed by atoms with E-state index in [1.54, 1.807) is 42.5 Å². The number of hydrogen-bond acceptors (Lipinski definition) is 3. The van der Waals surface area contributed by atoms with Crippen molar-refractivity contribution < 1.29 is 14.6 Å². The Bertz CT molecular complexity index is 575. The van der Waals surface area contributed by atoms with Crippen LogP contribution in [0.4, 0.5) is 0 Å². The van der Waals surface area contributed by atoms with E-state index in [0.29, 0.717) is 16.9 Å². The third-order valence-corrected chi connectivity index (χ3v) is 2.78. The second kappa shape index (κ2) is 3.71. The van der Waals surface area contributed by atoms with Crippen LogP contribution in [0.25, 0.3) is 0 Å². The van der Waals surface area contributed by atoms with Gasteiger partial charge in [-0.3, -0.25) is 4.79 Å². The smallest absolute Gasteiger partial charge is 0.199 e. The minimum atomic E-state index is -1.13. The summed E-state index contributed by atoms with van der Waals surface area (Å²) in [6.07, 6.45) is -1.13. The third kappa shape index (κ3) is 1.70. The summed E-state index contributed by atoms with van der Waals surface area (Å²) < 4.78 is 5.14. The molecule has 1 N–H and O–H groups in total. The zero-order chi connectivity index (χ0) is 11.8. The normalized spacial score (nSPS) is 13.5. The molecule has 1 aliphatic heterocycles. The highest BCUT2D eigenvalue weighted by molar-refractivity contribution is 6.04. The molecule has 3 rings (SSSR count). The van der Waals surface area contributed by atoms with Crippen LogP contribution in [-0.4, -0.2) is 10.9 Å². The average molecular weight is 226 g/mol. The second-order valence-electron chi connectivity index (χ2n) is 3.91. The van der Waals surface area contributed by atoms with Crippen LogP contribution in [0.15, 0.2) is 48.5 Å². The van der Waals surface area contributed by atoms with E-state index in [1.165, 1.54) is 0 Å². The molecule has 0 bridgehead atoms. The lowest BCUT2D eigenvalue weighted by Gasteiger charge is -2.08. The van der Waals surface area contributed by atoms with Gasteiger partial charge in [0.15, 0.2) is 17.3 Å². The van der Waals surface area contributed by atoms with E-state index in [4.69, 9.17) is 4.74 Å². The van der Waals surface area contributed by atoms with Gasteiger partial charge in [0.05, 0.1) is 5.56 Å². The van der Waals surface area contributed by atoms with Crippen LogP contribution in [0.3, 0.4) is 0 Å². The van der Waals surface area contributed by atoms with Crippen molar-refractivity contribution in [3.05, 3.63) is 59.7 Å². The molecule has 1 atom stereocenters. The summed E-state index contributed by atoms with van der Waals surface area (Å²) in [6.45, 7) is 0. The fraction of sp³-hybridized carbons (Fsp3) is 0.0714. The van der Waals surface area contributed by atoms with Gasteiger partial charge in [0.25, 0.3) is 0 Å². The Labute approximate surface area is 98.3 Å². The first-order chi connectivity index (χ1) is 8.27. The minimum absolute atomic E-state index is 0.328. The van der Waals surface area contributed by atoms with E-state index >= 15 is 0 Å². The summed E-state index contributed by atoms with van der Waals surface area (Å²) in [7, 11) is 0. The standard InChI is InChI=1S/C14H10O3/c15-12(9-5-2-1-3-6-9)13(16)10-7-4-8-11-14(10)17-11/h1-8,12,15H. The number of Topliss-reactive ketones (excluding diaryl/α,β-unsaturated/α-hetero) is 1. The van der Waals surface area contributed by atoms with Crippen molar-refractivity contribution >= 4 is 5.78 Å². The maximum Gasteiger partial charge on any atom is 0.199 e. The largest absolute Gasteiger partial charge is 0.449 e. The highest BCUT2D eigenvalue weighted by Crippen LogP contribution is 2.48. The molecule has 0 aromatic heterocycles. The summed E-state index contributed by atoms with van der Waals surface area (Å²) in [5.41, 5.74) is 1.04. The van der Waals surface area contributed by atoms with Crippen LogP contribution >= 0.6 is 0 Å². The van der Waals surface area contributed by atoms with Gasteiger partial charge in [0, 0.05) is 0 Å². The first-order valence-corrected chi connectivity index (χ1v) is 5.35. The number of para-hydroxylation sites is 1. The van der Waals surface area contributed by atoms with Crippen molar-refractivity contribution in [3.63, 3.8) is 0 Å². The number of fused-ring (bicyclic) bond motifs is 1. The van der Waals surface area contributed by atoms with Crippen molar-refractivity contribution in [2.45, 2.75) is 6.10 Å². The Hall–Kier alpha value is -2.13. The molecule has 0 saturated heterocycles. The van der Waals surface area contributed by atoms with Gasteiger partial charge in [-0.05, 0) is 17.7 Å². The van der Waals surface area contributed by atoms with Gasteiger partial charge < -0.3 is 9.84 Å². The van der Waals surface area contributed by atoms with Gasteiger partial charge in [0.2, 0.25) is 0 Å². The number of aliphatic hydroxyl groups is 1. The maximum absolute atomic E-state index is 12.1. The van der Waals surface area contributed by atoms with Gasteiger partial charge in [-0.25, -0.2) is 0 Å². The van der Waals surface area contributed by atoms with Gasteiger partial charge in [-0.2, -0.15) is 0 Å². The van der Waals surface area contributed by atoms with Gasteiger partial charge >= 0.3 is 0 Å². The molecule has 3 heteroatoms. The predicted molar refractivity (Wildman–Crippen MR) is 62.2 cm³/mol. The Morgan fingerprint density at radius 2 is 1.82 bits per heavy atom. The molecular formula is C14H10O3. The quantitative estimate of drug-likeness (QED) is 0.551. The molecule has 2 aromatic rings. The maximum atomic E-state index is 12.1. The van der Waals surface area contributed by atoms with Crippen LogP contribution in [0.1, 0.15) is 22.0 Å². The minimum Gasteiger partial charge on any atom is -0.449 e. The van der Waals surface area contributed by atoms with Crippen molar-refractivity contribution in [1.82, 2.24) is 0 Å². The van der Waals surface area contributed by atoms with E-state index in [-0.39, 0.29) is 5.78 Å². The number of carbonyl (C=O) groups excluding carboxylic acids is 1. The van der Waals surface area contributed by atoms with E-state index in [0.717, 1.165) is 5.75 Å². The van der Waals surface area contributed by atoms with Crippen LogP contribution in [-0.2, 0) is 0 Å². The zero-order valence-electron chi connectivity index (χ0n) is 8.96. The number of rotatable bonds is 3. The molecule has 17 heavy (non-hydrogen) atoms. The molecule has 0 radical (unpaired) electrons. The van der Waals surface area contributed by atoms with E-state index < -0.39 is 6.10 Å². The fourth-order valence-electron chi connectivity index (χ4n) is 1.82. The van der Waals surface area contributed by atoms with E-state index in [1.807, 2.05) is 6.07 Å². The summed E-state index contributed by atoms with van der Waals surface area (Å²) in [6, 6.07) is 14.1. The molecule has 0 fully saturated rings. The number of aliphatic hydroxyl groups excluding tert-OH is 1. The van der Waals surface area contributed by atoms with Crippen molar-refractivity contribution in [3.8, 4) is 11.5 Å². The van der Waals surface area contributed by atoms with Crippen LogP contribution in [0.5, 0.6) is 11.5 Å². The summed E-state index contributed by atoms with van der Waals surface area (Å²) in [4.78, 5) is 12.1. The first-order valence-electron chi connectivity index (χ1n) is 5.35. The Morgan fingerprint density at radius 1 is 1.06 bits per heavy atom. The Morgan fingerprint density at radius 3 is 2.59 bits per heavy atom. The highest BCUT2D eigenvalue weighted by atomic mass is 16.6. The number of carbonyl (C=O) groups is 1. The molecule has 0 aliphatic carbocycles. The molecule has 1 aliphatic rings. The topological polar surface area (TPSA) is 49.8 Å². The number of hydrogen-bond donors (Lipinski definition) is 1. The molecule has 0 amide bonds. The van der Waals surface area contributed by atoms with Crippen LogP contribution < -0.4 is 4.74 Å². The van der Waals surface area contributed by atoms with Crippen molar-refractivity contribution in [2.24, 2.45) is 0 Å². The van der Waals surface area contributed by atoms with Gasteiger partial charge in [-0.1, -0.05) is 36.4 Å². The SMILES string of the molecule is O=C(c1cccc2c1O2)C(O)c1ccccc1. The lowest BCUT2D eigenvalue weighted by Crippen LogP contribution is -2.11. The van der Waals surface area contributed by atoms with Crippen molar-refractivity contribution in [2.75, 3.05) is 0 Å². The van der Waals surface area contributed by atoms with Gasteiger partial charge in [-0.15, -0.1) is 0 Å². The molecule has 84 valence electrons. The molecule has 1 heterocycles. The van der Waals surface area contributed by atoms with Crippen molar-refractivity contribution in [1.29, 1.82) is 0 Å². The number of ketones is 1. The Balaban J connectivity index is 1.92. The summed E-state index contributed by atoms with van der Waals surface area (Å²) in [5.74, 6) is 0.981. The third-order valence-electron chi connectivity index (χ3n) is 2.78. The second-order valence-corrected chi connectivity index (χ2v) is 3.91. The molecule has 0 saturated carbocycles. The molecular weight excluding hydrogens is 216 g/mol. The Kier molecular flexibility index (Phi) is 2.20. The predicted octanol–water partition coefficient (Wildman–Crippen LogP) is 2.71. The average Bonchev–Trinajstić information content (AvgIpc) is 3.17. The summed E-state index contributed by atoms with van der Waals surface area (Å²) in [5, 5.41) is 9.98. The molecule has 1 unspecified atom stereocenters. The molecule has 0 spiro atoms. The monoisotopic (exact) mass is 226 g/mol. The van der Waals surface area contributed by atoms with Gasteiger partial charge in [0.1, 0.15) is 6.10 Å². The number of benzene rings is 2. The molecule has 2 aromatic carbocycles. The van der Waals surface area contributed by atoms with Crippen LogP contribution in [0.2, 0.25) is 0 Å². The van der Waals surface area contributed by atoms with Crippen LogP contribution in [0, 0.1) is 0 Å². The molecule has 3 nitrogen and oxygen atoms in total. The lowest BCUT2D eigenvalue weighted by atomic mass is 10.0. The first kappa shape index (κ1) is 10.1. The summed E-state index contributed by atoms with van der Waals surface area (Å²) >= 11 is 0. The van der Waals surface area contributed by atoms with E-state index in [2.05, 4.69) is 0 Å². The highest BCUT2D eigenvalue weighted by Gasteiger charge is 2.30. The van der Waals surface area contributed by atoms with E-state index in [9.17, 15) is 9.90 Å². The zero-order valence-corrected chi connectivity index (χ0v) is 8.96.